The molecule has 0 radical (unpaired) electrons. The summed E-state index contributed by atoms with van der Waals surface area (Å²) in [6.07, 6.45) is 1.40. The molecule has 0 aromatic rings. The van der Waals surface area contributed by atoms with E-state index in [0.29, 0.717) is 13.0 Å². The zero-order chi connectivity index (χ0) is 10.8. The van der Waals surface area contributed by atoms with Crippen molar-refractivity contribution in [2.24, 2.45) is 0 Å². The van der Waals surface area contributed by atoms with Gasteiger partial charge < -0.3 is 15.0 Å². The van der Waals surface area contributed by atoms with Crippen molar-refractivity contribution in [2.75, 3.05) is 40.4 Å². The van der Waals surface area contributed by atoms with Crippen LogP contribution in [0.3, 0.4) is 0 Å². The van der Waals surface area contributed by atoms with Crippen molar-refractivity contribution in [3.8, 4) is 0 Å². The number of hydrogen-bond donors (Lipinski definition) is 1. The normalized spacial score (nSPS) is 9.53. The fourth-order valence-electron chi connectivity index (χ4n) is 1.06. The van der Waals surface area contributed by atoms with E-state index in [4.69, 9.17) is 4.74 Å². The monoisotopic (exact) mass is 238 g/mol. The van der Waals surface area contributed by atoms with Crippen LogP contribution >= 0.6 is 12.4 Å². The smallest absolute Gasteiger partial charge is 0.222 e. The number of carbonyl (C=O) groups excluding carboxylic acids is 1. The van der Waals surface area contributed by atoms with Crippen LogP contribution < -0.4 is 5.32 Å². The zero-order valence-electron chi connectivity index (χ0n) is 9.91. The van der Waals surface area contributed by atoms with Crippen molar-refractivity contribution in [3.05, 3.63) is 0 Å². The van der Waals surface area contributed by atoms with Gasteiger partial charge in [-0.1, -0.05) is 0 Å². The standard InChI is InChI=1S/C10H22N2O2.ClH/c1-4-14-9-5-6-10(13)12(3)8-7-11-2;/h11H,4-9H2,1-3H3;1H. The molecule has 1 N–H and O–H groups in total. The summed E-state index contributed by atoms with van der Waals surface area (Å²) in [6, 6.07) is 0. The molecule has 0 aromatic heterocycles. The zero-order valence-corrected chi connectivity index (χ0v) is 10.7. The Morgan fingerprint density at radius 3 is 2.67 bits per heavy atom. The highest BCUT2D eigenvalue weighted by atomic mass is 35.5. The fourth-order valence-corrected chi connectivity index (χ4v) is 1.06. The van der Waals surface area contributed by atoms with Gasteiger partial charge >= 0.3 is 0 Å². The number of rotatable bonds is 8. The molecule has 0 aliphatic heterocycles. The first kappa shape index (κ1) is 17.1. The lowest BCUT2D eigenvalue weighted by atomic mass is 10.3. The number of amides is 1. The van der Waals surface area contributed by atoms with E-state index in [1.165, 1.54) is 0 Å². The van der Waals surface area contributed by atoms with E-state index in [1.807, 2.05) is 21.0 Å². The molecule has 1 amide bonds. The molecule has 92 valence electrons. The van der Waals surface area contributed by atoms with Crippen LogP contribution in [0, 0.1) is 0 Å². The third kappa shape index (κ3) is 9.97. The van der Waals surface area contributed by atoms with Gasteiger partial charge in [0.2, 0.25) is 5.91 Å². The maximum atomic E-state index is 11.5. The summed E-state index contributed by atoms with van der Waals surface area (Å²) >= 11 is 0. The molecule has 0 aliphatic rings. The molecule has 0 rings (SSSR count). The largest absolute Gasteiger partial charge is 0.382 e. The van der Waals surface area contributed by atoms with Gasteiger partial charge in [-0.3, -0.25) is 4.79 Å². The quantitative estimate of drug-likeness (QED) is 0.639. The van der Waals surface area contributed by atoms with Crippen LogP contribution in [-0.4, -0.2) is 51.2 Å². The average Bonchev–Trinajstić information content (AvgIpc) is 2.20. The second-order valence-electron chi connectivity index (χ2n) is 3.22. The number of hydrogen-bond acceptors (Lipinski definition) is 3. The molecule has 0 atom stereocenters. The van der Waals surface area contributed by atoms with Crippen LogP contribution in [0.2, 0.25) is 0 Å². The predicted molar refractivity (Wildman–Crippen MR) is 64.5 cm³/mol. The van der Waals surface area contributed by atoms with Crippen molar-refractivity contribution in [1.82, 2.24) is 10.2 Å². The van der Waals surface area contributed by atoms with Gasteiger partial charge in [-0.2, -0.15) is 0 Å². The molecule has 0 aliphatic carbocycles. The third-order valence-electron chi connectivity index (χ3n) is 2.01. The van der Waals surface area contributed by atoms with E-state index < -0.39 is 0 Å². The highest BCUT2D eigenvalue weighted by molar-refractivity contribution is 5.85. The van der Waals surface area contributed by atoms with Crippen LogP contribution in [0.25, 0.3) is 0 Å². The first-order chi connectivity index (χ1) is 6.72. The predicted octanol–water partition coefficient (Wildman–Crippen LogP) is 0.903. The Hall–Kier alpha value is -0.320. The first-order valence-corrected chi connectivity index (χ1v) is 5.18. The minimum absolute atomic E-state index is 0. The van der Waals surface area contributed by atoms with Gasteiger partial charge in [0.25, 0.3) is 0 Å². The molecular weight excluding hydrogens is 216 g/mol. The molecule has 0 fully saturated rings. The Balaban J connectivity index is 0. The molecule has 0 bridgehead atoms. The Morgan fingerprint density at radius 1 is 1.47 bits per heavy atom. The van der Waals surface area contributed by atoms with E-state index in [9.17, 15) is 4.79 Å². The number of ether oxygens (including phenoxy) is 1. The Morgan fingerprint density at radius 2 is 2.13 bits per heavy atom. The molecule has 15 heavy (non-hydrogen) atoms. The van der Waals surface area contributed by atoms with E-state index in [1.54, 1.807) is 4.90 Å². The first-order valence-electron chi connectivity index (χ1n) is 5.18. The molecule has 0 heterocycles. The van der Waals surface area contributed by atoms with Gasteiger partial charge in [-0.15, -0.1) is 12.4 Å². The Bertz CT molecular complexity index is 156. The minimum Gasteiger partial charge on any atom is -0.382 e. The van der Waals surface area contributed by atoms with Crippen molar-refractivity contribution < 1.29 is 9.53 Å². The topological polar surface area (TPSA) is 41.6 Å². The van der Waals surface area contributed by atoms with E-state index >= 15 is 0 Å². The van der Waals surface area contributed by atoms with Crippen LogP contribution in [0.15, 0.2) is 0 Å². The lowest BCUT2D eigenvalue weighted by Gasteiger charge is -2.16. The van der Waals surface area contributed by atoms with Crippen LogP contribution in [-0.2, 0) is 9.53 Å². The second kappa shape index (κ2) is 11.8. The molecule has 0 unspecified atom stereocenters. The van der Waals surface area contributed by atoms with E-state index in [-0.39, 0.29) is 18.3 Å². The molecular formula is C10H23ClN2O2. The number of halogens is 1. The lowest BCUT2D eigenvalue weighted by molar-refractivity contribution is -0.130. The maximum absolute atomic E-state index is 11.5. The van der Waals surface area contributed by atoms with Gasteiger partial charge in [0.15, 0.2) is 0 Å². The molecule has 0 aromatic carbocycles. The lowest BCUT2D eigenvalue weighted by Crippen LogP contribution is -2.32. The summed E-state index contributed by atoms with van der Waals surface area (Å²) in [5.74, 6) is 0.194. The van der Waals surface area contributed by atoms with Gasteiger partial charge in [0, 0.05) is 39.8 Å². The van der Waals surface area contributed by atoms with Crippen LogP contribution in [0.5, 0.6) is 0 Å². The summed E-state index contributed by atoms with van der Waals surface area (Å²) in [5, 5.41) is 3.01. The number of nitrogens with zero attached hydrogens (tertiary/aromatic N) is 1. The number of carbonyl (C=O) groups is 1. The molecule has 0 spiro atoms. The highest BCUT2D eigenvalue weighted by Gasteiger charge is 2.06. The molecule has 4 nitrogen and oxygen atoms in total. The van der Waals surface area contributed by atoms with Gasteiger partial charge in [0.1, 0.15) is 0 Å². The van der Waals surface area contributed by atoms with Gasteiger partial charge in [0.05, 0.1) is 0 Å². The summed E-state index contributed by atoms with van der Waals surface area (Å²) in [5.41, 5.74) is 0. The van der Waals surface area contributed by atoms with Gasteiger partial charge in [-0.25, -0.2) is 0 Å². The Labute approximate surface area is 98.8 Å². The number of nitrogens with one attached hydrogen (secondary N) is 1. The van der Waals surface area contributed by atoms with E-state index in [0.717, 1.165) is 26.1 Å². The van der Waals surface area contributed by atoms with Crippen LogP contribution in [0.1, 0.15) is 19.8 Å². The van der Waals surface area contributed by atoms with Crippen molar-refractivity contribution in [3.63, 3.8) is 0 Å². The SMILES string of the molecule is CCOCCCC(=O)N(C)CCNC.Cl. The summed E-state index contributed by atoms with van der Waals surface area (Å²) < 4.78 is 5.16. The van der Waals surface area contributed by atoms with Crippen molar-refractivity contribution in [1.29, 1.82) is 0 Å². The molecule has 5 heteroatoms. The summed E-state index contributed by atoms with van der Waals surface area (Å²) in [7, 11) is 3.72. The molecule has 0 saturated carbocycles. The second-order valence-corrected chi connectivity index (χ2v) is 3.22. The number of likely N-dealkylation sites (N-methyl/N-ethyl adjacent to an activating group) is 2. The van der Waals surface area contributed by atoms with Crippen LogP contribution in [0.4, 0.5) is 0 Å². The minimum atomic E-state index is 0. The van der Waals surface area contributed by atoms with Crippen molar-refractivity contribution in [2.45, 2.75) is 19.8 Å². The summed E-state index contributed by atoms with van der Waals surface area (Å²) in [4.78, 5) is 13.2. The molecule has 0 saturated heterocycles. The maximum Gasteiger partial charge on any atom is 0.222 e. The Kier molecular flexibility index (Phi) is 13.4. The highest BCUT2D eigenvalue weighted by Crippen LogP contribution is 1.95. The van der Waals surface area contributed by atoms with Gasteiger partial charge in [-0.05, 0) is 20.4 Å². The van der Waals surface area contributed by atoms with Crippen molar-refractivity contribution >= 4 is 18.3 Å². The average molecular weight is 239 g/mol. The third-order valence-corrected chi connectivity index (χ3v) is 2.01. The van der Waals surface area contributed by atoms with E-state index in [2.05, 4.69) is 5.32 Å². The summed E-state index contributed by atoms with van der Waals surface area (Å²) in [6.45, 7) is 4.98. The fraction of sp³-hybridized carbons (Fsp3) is 0.900.